The van der Waals surface area contributed by atoms with E-state index in [0.717, 1.165) is 42.0 Å². The molecule has 2 aliphatic heterocycles. The van der Waals surface area contributed by atoms with Gasteiger partial charge in [0.15, 0.2) is 6.10 Å². The molecule has 178 valence electrons. The summed E-state index contributed by atoms with van der Waals surface area (Å²) >= 11 is 0. The molecule has 2 heterocycles. The maximum absolute atomic E-state index is 13.4. The predicted octanol–water partition coefficient (Wildman–Crippen LogP) is 4.96. The highest BCUT2D eigenvalue weighted by Crippen LogP contribution is 2.35. The molecule has 0 aromatic heterocycles. The van der Waals surface area contributed by atoms with Crippen molar-refractivity contribution in [2.75, 3.05) is 11.4 Å². The Morgan fingerprint density at radius 1 is 1.12 bits per heavy atom. The number of rotatable bonds is 9. The monoisotopic (exact) mass is 449 g/mol. The number of hydrogen-bond acceptors (Lipinski definition) is 4. The van der Waals surface area contributed by atoms with E-state index in [0.29, 0.717) is 19.0 Å². The van der Waals surface area contributed by atoms with Crippen LogP contribution in [0.3, 0.4) is 0 Å². The van der Waals surface area contributed by atoms with Gasteiger partial charge in [0, 0.05) is 31.1 Å². The quantitative estimate of drug-likeness (QED) is 0.531. The van der Waals surface area contributed by atoms with Crippen LogP contribution in [0, 0.1) is 0 Å². The molecule has 1 saturated heterocycles. The molecular formula is C28H39N3O2. The normalized spacial score (nSPS) is 24.9. The van der Waals surface area contributed by atoms with E-state index in [4.69, 9.17) is 10.5 Å². The number of benzene rings is 2. The first-order chi connectivity index (χ1) is 16.0. The van der Waals surface area contributed by atoms with Gasteiger partial charge in [0.25, 0.3) is 5.91 Å². The maximum atomic E-state index is 13.4. The lowest BCUT2D eigenvalue weighted by molar-refractivity contribution is -0.126. The van der Waals surface area contributed by atoms with Gasteiger partial charge in [0.1, 0.15) is 5.75 Å². The lowest BCUT2D eigenvalue weighted by Gasteiger charge is -2.39. The SMILES string of the molecule is C[C@H]1CCC[C@@](C)(CCCCCN2C(=O)C(Cc3cccc(CN)c3)Oc3ccccc32)N1. The summed E-state index contributed by atoms with van der Waals surface area (Å²) in [5.74, 6) is 0.853. The Morgan fingerprint density at radius 3 is 2.76 bits per heavy atom. The minimum Gasteiger partial charge on any atom is -0.478 e. The zero-order valence-electron chi connectivity index (χ0n) is 20.2. The van der Waals surface area contributed by atoms with Crippen LogP contribution in [0.4, 0.5) is 5.69 Å². The standard InChI is InChI=1S/C28H39N3O2/c1-21-10-9-16-28(2,30-21)15-6-3-7-17-31-24-13-4-5-14-25(24)33-26(27(31)32)19-22-11-8-12-23(18-22)20-29/h4-5,8,11-14,18,21,26,30H,3,6-7,9-10,15-17,19-20,29H2,1-2H3/t21-,26?,28+/m0/s1. The van der Waals surface area contributed by atoms with Crippen LogP contribution in [0.1, 0.15) is 69.9 Å². The first-order valence-corrected chi connectivity index (χ1v) is 12.6. The second-order valence-corrected chi connectivity index (χ2v) is 10.1. The van der Waals surface area contributed by atoms with Crippen LogP contribution in [0.2, 0.25) is 0 Å². The van der Waals surface area contributed by atoms with Crippen molar-refractivity contribution >= 4 is 11.6 Å². The molecule has 0 spiro atoms. The van der Waals surface area contributed by atoms with Crippen molar-refractivity contribution in [3.8, 4) is 5.75 Å². The summed E-state index contributed by atoms with van der Waals surface area (Å²) in [6, 6.07) is 16.7. The lowest BCUT2D eigenvalue weighted by atomic mass is 9.84. The van der Waals surface area contributed by atoms with E-state index < -0.39 is 6.10 Å². The average Bonchev–Trinajstić information content (AvgIpc) is 2.81. The molecule has 33 heavy (non-hydrogen) atoms. The summed E-state index contributed by atoms with van der Waals surface area (Å²) < 4.78 is 6.15. The second kappa shape index (κ2) is 10.7. The van der Waals surface area contributed by atoms with E-state index in [1.807, 2.05) is 47.4 Å². The van der Waals surface area contributed by atoms with E-state index >= 15 is 0 Å². The topological polar surface area (TPSA) is 67.6 Å². The van der Waals surface area contributed by atoms with Gasteiger partial charge in [-0.3, -0.25) is 4.79 Å². The largest absolute Gasteiger partial charge is 0.478 e. The number of unbranched alkanes of at least 4 members (excludes halogenated alkanes) is 2. The van der Waals surface area contributed by atoms with Crippen LogP contribution in [0.5, 0.6) is 5.75 Å². The van der Waals surface area contributed by atoms with Crippen LogP contribution in [-0.2, 0) is 17.8 Å². The molecule has 5 nitrogen and oxygen atoms in total. The Hall–Kier alpha value is -2.37. The van der Waals surface area contributed by atoms with Gasteiger partial charge in [-0.25, -0.2) is 0 Å². The van der Waals surface area contributed by atoms with Crippen LogP contribution in [-0.4, -0.2) is 30.1 Å². The summed E-state index contributed by atoms with van der Waals surface area (Å²) in [5.41, 5.74) is 9.11. The fourth-order valence-corrected chi connectivity index (χ4v) is 5.43. The molecule has 4 rings (SSSR count). The molecule has 1 amide bonds. The van der Waals surface area contributed by atoms with Crippen molar-refractivity contribution in [2.24, 2.45) is 5.73 Å². The highest BCUT2D eigenvalue weighted by atomic mass is 16.5. The van der Waals surface area contributed by atoms with E-state index in [9.17, 15) is 4.79 Å². The third-order valence-corrected chi connectivity index (χ3v) is 7.19. The van der Waals surface area contributed by atoms with E-state index in [1.165, 1.54) is 32.1 Å². The number of para-hydroxylation sites is 2. The highest BCUT2D eigenvalue weighted by molar-refractivity contribution is 6.00. The van der Waals surface area contributed by atoms with Gasteiger partial charge in [-0.05, 0) is 62.8 Å². The zero-order chi connectivity index (χ0) is 23.3. The fourth-order valence-electron chi connectivity index (χ4n) is 5.43. The van der Waals surface area contributed by atoms with Crippen molar-refractivity contribution in [3.63, 3.8) is 0 Å². The van der Waals surface area contributed by atoms with E-state index in [1.54, 1.807) is 0 Å². The predicted molar refractivity (Wildman–Crippen MR) is 135 cm³/mol. The smallest absolute Gasteiger partial charge is 0.268 e. The fraction of sp³-hybridized carbons (Fsp3) is 0.536. The van der Waals surface area contributed by atoms with Crippen molar-refractivity contribution < 1.29 is 9.53 Å². The molecule has 1 fully saturated rings. The number of nitrogens with two attached hydrogens (primary N) is 1. The minimum absolute atomic E-state index is 0.0570. The van der Waals surface area contributed by atoms with Crippen molar-refractivity contribution in [1.29, 1.82) is 0 Å². The summed E-state index contributed by atoms with van der Waals surface area (Å²) in [6.07, 6.45) is 8.43. The van der Waals surface area contributed by atoms with Gasteiger partial charge in [0.2, 0.25) is 0 Å². The molecule has 2 aromatic carbocycles. The number of hydrogen-bond donors (Lipinski definition) is 2. The number of ether oxygens (including phenoxy) is 1. The van der Waals surface area contributed by atoms with Crippen LogP contribution < -0.4 is 20.7 Å². The van der Waals surface area contributed by atoms with Gasteiger partial charge in [-0.15, -0.1) is 0 Å². The van der Waals surface area contributed by atoms with Gasteiger partial charge in [-0.2, -0.15) is 0 Å². The number of fused-ring (bicyclic) bond motifs is 1. The van der Waals surface area contributed by atoms with Gasteiger partial charge >= 0.3 is 0 Å². The number of nitrogens with zero attached hydrogens (tertiary/aromatic N) is 1. The third kappa shape index (κ3) is 5.96. The second-order valence-electron chi connectivity index (χ2n) is 10.1. The molecule has 2 aromatic rings. The van der Waals surface area contributed by atoms with Crippen molar-refractivity contribution in [1.82, 2.24) is 5.32 Å². The molecule has 5 heteroatoms. The zero-order valence-corrected chi connectivity index (χ0v) is 20.2. The minimum atomic E-state index is -0.500. The lowest BCUT2D eigenvalue weighted by Crippen LogP contribution is -2.50. The summed E-state index contributed by atoms with van der Waals surface area (Å²) in [6.45, 7) is 5.89. The third-order valence-electron chi connectivity index (χ3n) is 7.19. The number of carbonyl (C=O) groups is 1. The number of carbonyl (C=O) groups excluding carboxylic acids is 1. The Balaban J connectivity index is 1.36. The van der Waals surface area contributed by atoms with Crippen LogP contribution >= 0.6 is 0 Å². The molecule has 0 radical (unpaired) electrons. The maximum Gasteiger partial charge on any atom is 0.268 e. The molecule has 0 bridgehead atoms. The molecule has 3 atom stereocenters. The molecule has 0 saturated carbocycles. The van der Waals surface area contributed by atoms with Gasteiger partial charge in [-0.1, -0.05) is 55.7 Å². The van der Waals surface area contributed by atoms with Crippen LogP contribution in [0.15, 0.2) is 48.5 Å². The van der Waals surface area contributed by atoms with E-state index in [-0.39, 0.29) is 11.4 Å². The number of piperidine rings is 1. The number of nitrogens with one attached hydrogen (secondary N) is 1. The first kappa shape index (κ1) is 23.8. The van der Waals surface area contributed by atoms with Crippen molar-refractivity contribution in [3.05, 3.63) is 59.7 Å². The average molecular weight is 450 g/mol. The summed E-state index contributed by atoms with van der Waals surface area (Å²) in [4.78, 5) is 15.4. The number of anilines is 1. The van der Waals surface area contributed by atoms with Gasteiger partial charge < -0.3 is 20.7 Å². The Morgan fingerprint density at radius 2 is 1.94 bits per heavy atom. The Bertz CT molecular complexity index is 946. The molecule has 3 N–H and O–H groups in total. The van der Waals surface area contributed by atoms with Crippen LogP contribution in [0.25, 0.3) is 0 Å². The van der Waals surface area contributed by atoms with Crippen molar-refractivity contribution in [2.45, 2.75) is 89.4 Å². The Kier molecular flexibility index (Phi) is 7.71. The number of amides is 1. The molecule has 0 aliphatic carbocycles. The van der Waals surface area contributed by atoms with Gasteiger partial charge in [0.05, 0.1) is 5.69 Å². The summed E-state index contributed by atoms with van der Waals surface area (Å²) in [5, 5.41) is 3.80. The first-order valence-electron chi connectivity index (χ1n) is 12.6. The molecular weight excluding hydrogens is 410 g/mol. The molecule has 1 unspecified atom stereocenters. The highest BCUT2D eigenvalue weighted by Gasteiger charge is 2.34. The van der Waals surface area contributed by atoms with E-state index in [2.05, 4.69) is 25.2 Å². The molecule has 2 aliphatic rings. The summed E-state index contributed by atoms with van der Waals surface area (Å²) in [7, 11) is 0. The Labute approximate surface area is 198 Å².